The number of nitrogens with zero attached hydrogens (tertiary/aromatic N) is 3. The number of hydrogen-bond donors (Lipinski definition) is 0. The van der Waals surface area contributed by atoms with E-state index in [1.165, 1.54) is 6.07 Å². The molecule has 1 aromatic heterocycles. The minimum Gasteiger partial charge on any atom is -0.486 e. The first-order chi connectivity index (χ1) is 12.2. The fourth-order valence-corrected chi connectivity index (χ4v) is 2.97. The summed E-state index contributed by atoms with van der Waals surface area (Å²) in [7, 11) is 0. The van der Waals surface area contributed by atoms with Crippen LogP contribution >= 0.6 is 15.9 Å². The summed E-state index contributed by atoms with van der Waals surface area (Å²) in [6, 6.07) is 12.3. The Morgan fingerprint density at radius 3 is 2.68 bits per heavy atom. The van der Waals surface area contributed by atoms with E-state index in [4.69, 9.17) is 9.47 Å². The first-order valence-electron chi connectivity index (χ1n) is 7.65. The predicted octanol–water partition coefficient (Wildman–Crippen LogP) is 4.70. The first kappa shape index (κ1) is 15.8. The second-order valence-electron chi connectivity index (χ2n) is 5.37. The number of benzene rings is 2. The third kappa shape index (κ3) is 3.28. The Labute approximate surface area is 152 Å². The summed E-state index contributed by atoms with van der Waals surface area (Å²) in [6.07, 6.45) is 3.19. The topological polar surface area (TPSA) is 47.5 Å². The Kier molecular flexibility index (Phi) is 4.23. The van der Waals surface area contributed by atoms with Crippen molar-refractivity contribution in [2.45, 2.75) is 0 Å². The normalized spacial score (nSPS) is 13.1. The van der Waals surface area contributed by atoms with E-state index in [9.17, 15) is 4.39 Å². The molecular weight excluding hydrogens is 389 g/mol. The zero-order chi connectivity index (χ0) is 17.2. The Hall–Kier alpha value is -2.67. The van der Waals surface area contributed by atoms with E-state index in [-0.39, 0.29) is 5.75 Å². The number of rotatable bonds is 3. The van der Waals surface area contributed by atoms with Gasteiger partial charge in [-0.05, 0) is 30.3 Å². The molecule has 4 rings (SSSR count). The molecule has 25 heavy (non-hydrogen) atoms. The number of fused-ring (bicyclic) bond motifs is 1. The van der Waals surface area contributed by atoms with E-state index >= 15 is 0 Å². The second-order valence-corrected chi connectivity index (χ2v) is 6.28. The van der Waals surface area contributed by atoms with Crippen molar-refractivity contribution in [1.29, 1.82) is 0 Å². The van der Waals surface area contributed by atoms with Gasteiger partial charge in [0.2, 0.25) is 5.95 Å². The molecule has 126 valence electrons. The number of para-hydroxylation sites is 1. The standard InChI is InChI=1S/C18H13BrFN3O2/c19-12-3-1-4-13(9-12)25-14-10-21-18(22-11-14)23-7-8-24-17-15(20)5-2-6-16(17)23/h1-6,9-11H,7-8H2. The summed E-state index contributed by atoms with van der Waals surface area (Å²) >= 11 is 3.40. The van der Waals surface area contributed by atoms with E-state index in [0.717, 1.165) is 4.47 Å². The SMILES string of the molecule is Fc1cccc2c1OCCN2c1ncc(Oc2cccc(Br)c2)cn1. The molecule has 0 fully saturated rings. The first-order valence-corrected chi connectivity index (χ1v) is 8.44. The molecule has 2 aromatic carbocycles. The smallest absolute Gasteiger partial charge is 0.230 e. The number of aromatic nitrogens is 2. The van der Waals surface area contributed by atoms with Crippen molar-refractivity contribution in [3.05, 3.63) is 65.1 Å². The summed E-state index contributed by atoms with van der Waals surface area (Å²) in [6.45, 7) is 0.913. The van der Waals surface area contributed by atoms with E-state index < -0.39 is 5.82 Å². The quantitative estimate of drug-likeness (QED) is 0.636. The molecule has 1 aliphatic heterocycles. The molecule has 0 aliphatic carbocycles. The molecule has 0 radical (unpaired) electrons. The highest BCUT2D eigenvalue weighted by Crippen LogP contribution is 2.37. The lowest BCUT2D eigenvalue weighted by atomic mass is 10.2. The summed E-state index contributed by atoms with van der Waals surface area (Å²) < 4.78 is 26.0. The van der Waals surface area contributed by atoms with Crippen molar-refractivity contribution >= 4 is 27.6 Å². The Bertz CT molecular complexity index is 905. The van der Waals surface area contributed by atoms with Crippen LogP contribution in [-0.4, -0.2) is 23.1 Å². The summed E-state index contributed by atoms with van der Waals surface area (Å²) in [4.78, 5) is 10.5. The molecule has 0 amide bonds. The molecule has 0 N–H and O–H groups in total. The molecule has 0 atom stereocenters. The Morgan fingerprint density at radius 2 is 1.88 bits per heavy atom. The number of ether oxygens (including phenoxy) is 2. The van der Waals surface area contributed by atoms with E-state index in [1.807, 2.05) is 29.2 Å². The molecule has 2 heterocycles. The van der Waals surface area contributed by atoms with Crippen LogP contribution in [0.5, 0.6) is 17.2 Å². The van der Waals surface area contributed by atoms with Crippen LogP contribution in [0.15, 0.2) is 59.3 Å². The van der Waals surface area contributed by atoms with Gasteiger partial charge >= 0.3 is 0 Å². The molecule has 0 unspecified atom stereocenters. The molecule has 0 spiro atoms. The lowest BCUT2D eigenvalue weighted by Gasteiger charge is -2.29. The van der Waals surface area contributed by atoms with Crippen LogP contribution in [0.4, 0.5) is 16.0 Å². The number of hydrogen-bond acceptors (Lipinski definition) is 5. The molecule has 7 heteroatoms. The van der Waals surface area contributed by atoms with Crippen LogP contribution in [-0.2, 0) is 0 Å². The number of anilines is 2. The maximum absolute atomic E-state index is 13.9. The minimum atomic E-state index is -0.392. The van der Waals surface area contributed by atoms with Crippen molar-refractivity contribution in [2.75, 3.05) is 18.1 Å². The highest BCUT2D eigenvalue weighted by molar-refractivity contribution is 9.10. The maximum Gasteiger partial charge on any atom is 0.230 e. The lowest BCUT2D eigenvalue weighted by molar-refractivity contribution is 0.296. The molecule has 0 saturated carbocycles. The Morgan fingerprint density at radius 1 is 1.08 bits per heavy atom. The van der Waals surface area contributed by atoms with Gasteiger partial charge in [0.15, 0.2) is 17.3 Å². The van der Waals surface area contributed by atoms with Gasteiger partial charge in [0.1, 0.15) is 12.4 Å². The summed E-state index contributed by atoms with van der Waals surface area (Å²) in [5, 5.41) is 0. The number of halogens is 2. The zero-order valence-electron chi connectivity index (χ0n) is 13.0. The van der Waals surface area contributed by atoms with Gasteiger partial charge in [-0.15, -0.1) is 0 Å². The van der Waals surface area contributed by atoms with Crippen molar-refractivity contribution in [2.24, 2.45) is 0 Å². The van der Waals surface area contributed by atoms with E-state index in [2.05, 4.69) is 25.9 Å². The predicted molar refractivity (Wildman–Crippen MR) is 95.1 cm³/mol. The van der Waals surface area contributed by atoms with Gasteiger partial charge in [0, 0.05) is 4.47 Å². The Balaban J connectivity index is 1.58. The molecular formula is C18H13BrFN3O2. The van der Waals surface area contributed by atoms with E-state index in [0.29, 0.717) is 36.3 Å². The van der Waals surface area contributed by atoms with Crippen LogP contribution < -0.4 is 14.4 Å². The average Bonchev–Trinajstić information content (AvgIpc) is 2.63. The zero-order valence-corrected chi connectivity index (χ0v) is 14.6. The van der Waals surface area contributed by atoms with Crippen molar-refractivity contribution in [3.63, 3.8) is 0 Å². The van der Waals surface area contributed by atoms with Crippen LogP contribution in [0.3, 0.4) is 0 Å². The molecule has 0 bridgehead atoms. The molecule has 3 aromatic rings. The van der Waals surface area contributed by atoms with Gasteiger partial charge in [-0.1, -0.05) is 28.1 Å². The second kappa shape index (κ2) is 6.68. The fraction of sp³-hybridized carbons (Fsp3) is 0.111. The van der Waals surface area contributed by atoms with Crippen LogP contribution in [0, 0.1) is 5.82 Å². The molecule has 0 saturated heterocycles. The lowest BCUT2D eigenvalue weighted by Crippen LogP contribution is -2.30. The van der Waals surface area contributed by atoms with E-state index in [1.54, 1.807) is 24.5 Å². The van der Waals surface area contributed by atoms with Gasteiger partial charge in [-0.2, -0.15) is 0 Å². The van der Waals surface area contributed by atoms with Gasteiger partial charge in [-0.25, -0.2) is 14.4 Å². The largest absolute Gasteiger partial charge is 0.486 e. The monoisotopic (exact) mass is 401 g/mol. The minimum absolute atomic E-state index is 0.229. The van der Waals surface area contributed by atoms with Crippen molar-refractivity contribution in [1.82, 2.24) is 9.97 Å². The van der Waals surface area contributed by atoms with Crippen LogP contribution in [0.25, 0.3) is 0 Å². The van der Waals surface area contributed by atoms with Gasteiger partial charge in [0.05, 0.1) is 24.6 Å². The fourth-order valence-electron chi connectivity index (χ4n) is 2.59. The third-order valence-electron chi connectivity index (χ3n) is 3.69. The average molecular weight is 402 g/mol. The van der Waals surface area contributed by atoms with Crippen LogP contribution in [0.2, 0.25) is 0 Å². The van der Waals surface area contributed by atoms with Gasteiger partial charge in [0.25, 0.3) is 0 Å². The highest BCUT2D eigenvalue weighted by Gasteiger charge is 2.23. The van der Waals surface area contributed by atoms with Gasteiger partial charge < -0.3 is 14.4 Å². The highest BCUT2D eigenvalue weighted by atomic mass is 79.9. The maximum atomic E-state index is 13.9. The third-order valence-corrected chi connectivity index (χ3v) is 4.18. The molecule has 5 nitrogen and oxygen atoms in total. The van der Waals surface area contributed by atoms with Gasteiger partial charge in [-0.3, -0.25) is 0 Å². The van der Waals surface area contributed by atoms with Crippen molar-refractivity contribution in [3.8, 4) is 17.2 Å². The molecule has 1 aliphatic rings. The summed E-state index contributed by atoms with van der Waals surface area (Å²) in [5.74, 6) is 1.51. The van der Waals surface area contributed by atoms with Crippen LogP contribution in [0.1, 0.15) is 0 Å². The van der Waals surface area contributed by atoms with Crippen molar-refractivity contribution < 1.29 is 13.9 Å². The summed E-state index contributed by atoms with van der Waals surface area (Å²) in [5.41, 5.74) is 0.618.